The molecule has 3 heterocycles. The standard InChI is InChI=1S/C23H28N4O/c1-17-13-19(6-7-22(17)28-3)15-26-12-4-5-21(16-26)27-18(2)14-25-23(27)20-8-10-24-11-9-20/h6-11,13-14,21H,4-5,12,15-16H2,1-3H3. The summed E-state index contributed by atoms with van der Waals surface area (Å²) in [5.74, 6) is 2.00. The van der Waals surface area contributed by atoms with Crippen molar-refractivity contribution in [1.29, 1.82) is 0 Å². The van der Waals surface area contributed by atoms with Gasteiger partial charge in [0.05, 0.1) is 7.11 Å². The number of aryl methyl sites for hydroxylation is 2. The minimum Gasteiger partial charge on any atom is -0.496 e. The van der Waals surface area contributed by atoms with E-state index in [0.717, 1.165) is 36.8 Å². The van der Waals surface area contributed by atoms with E-state index in [2.05, 4.69) is 46.5 Å². The number of hydrogen-bond donors (Lipinski definition) is 0. The number of likely N-dealkylation sites (tertiary alicyclic amines) is 1. The largest absolute Gasteiger partial charge is 0.496 e. The molecule has 5 heteroatoms. The molecule has 0 saturated carbocycles. The minimum absolute atomic E-state index is 0.443. The molecule has 0 aliphatic carbocycles. The Kier molecular flexibility index (Phi) is 5.44. The lowest BCUT2D eigenvalue weighted by Crippen LogP contribution is -2.36. The lowest BCUT2D eigenvalue weighted by molar-refractivity contribution is 0.170. The maximum Gasteiger partial charge on any atom is 0.140 e. The number of benzene rings is 1. The fourth-order valence-corrected chi connectivity index (χ4v) is 4.30. The van der Waals surface area contributed by atoms with Crippen molar-refractivity contribution in [2.75, 3.05) is 20.2 Å². The lowest BCUT2D eigenvalue weighted by Gasteiger charge is -2.35. The number of ether oxygens (including phenoxy) is 1. The highest BCUT2D eigenvalue weighted by Gasteiger charge is 2.25. The Balaban J connectivity index is 1.53. The second-order valence-electron chi connectivity index (χ2n) is 7.66. The van der Waals surface area contributed by atoms with Crippen LogP contribution in [-0.2, 0) is 6.54 Å². The summed E-state index contributed by atoms with van der Waals surface area (Å²) in [6, 6.07) is 11.0. The summed E-state index contributed by atoms with van der Waals surface area (Å²) >= 11 is 0. The first-order valence-corrected chi connectivity index (χ1v) is 9.96. The van der Waals surface area contributed by atoms with Crippen molar-refractivity contribution in [3.8, 4) is 17.1 Å². The van der Waals surface area contributed by atoms with Gasteiger partial charge in [-0.15, -0.1) is 0 Å². The van der Waals surface area contributed by atoms with Crippen LogP contribution in [0.25, 0.3) is 11.4 Å². The van der Waals surface area contributed by atoms with Gasteiger partial charge in [0.25, 0.3) is 0 Å². The van der Waals surface area contributed by atoms with Crippen molar-refractivity contribution in [2.24, 2.45) is 0 Å². The number of rotatable bonds is 5. The highest BCUT2D eigenvalue weighted by molar-refractivity contribution is 5.55. The molecule has 1 unspecified atom stereocenters. The molecule has 0 N–H and O–H groups in total. The van der Waals surface area contributed by atoms with Crippen LogP contribution in [0.1, 0.15) is 35.7 Å². The molecule has 1 aliphatic rings. The van der Waals surface area contributed by atoms with Gasteiger partial charge in [-0.3, -0.25) is 9.88 Å². The van der Waals surface area contributed by atoms with Crippen molar-refractivity contribution < 1.29 is 4.74 Å². The zero-order valence-electron chi connectivity index (χ0n) is 16.9. The summed E-state index contributed by atoms with van der Waals surface area (Å²) < 4.78 is 7.81. The number of nitrogens with zero attached hydrogens (tertiary/aromatic N) is 4. The quantitative estimate of drug-likeness (QED) is 0.662. The third kappa shape index (κ3) is 3.80. The summed E-state index contributed by atoms with van der Waals surface area (Å²) in [4.78, 5) is 11.4. The number of methoxy groups -OCH3 is 1. The molecule has 4 rings (SSSR count). The van der Waals surface area contributed by atoms with Gasteiger partial charge in [0, 0.05) is 49.0 Å². The fourth-order valence-electron chi connectivity index (χ4n) is 4.30. The van der Waals surface area contributed by atoms with Gasteiger partial charge in [0.15, 0.2) is 0 Å². The molecular weight excluding hydrogens is 348 g/mol. The van der Waals surface area contributed by atoms with E-state index in [1.54, 1.807) is 7.11 Å². The van der Waals surface area contributed by atoms with Crippen LogP contribution in [-0.4, -0.2) is 39.6 Å². The summed E-state index contributed by atoms with van der Waals surface area (Å²) in [7, 11) is 1.73. The highest BCUT2D eigenvalue weighted by atomic mass is 16.5. The lowest BCUT2D eigenvalue weighted by atomic mass is 10.0. The van der Waals surface area contributed by atoms with Crippen molar-refractivity contribution >= 4 is 0 Å². The summed E-state index contributed by atoms with van der Waals surface area (Å²) in [6.07, 6.45) is 8.05. The molecule has 0 amide bonds. The Labute approximate surface area is 167 Å². The Bertz CT molecular complexity index is 935. The second-order valence-corrected chi connectivity index (χ2v) is 7.66. The molecule has 28 heavy (non-hydrogen) atoms. The zero-order chi connectivity index (χ0) is 19.5. The molecule has 146 valence electrons. The van der Waals surface area contributed by atoms with E-state index < -0.39 is 0 Å². The summed E-state index contributed by atoms with van der Waals surface area (Å²) in [6.45, 7) is 7.42. The van der Waals surface area contributed by atoms with Crippen molar-refractivity contribution in [3.63, 3.8) is 0 Å². The first-order valence-electron chi connectivity index (χ1n) is 9.96. The molecule has 0 bridgehead atoms. The zero-order valence-corrected chi connectivity index (χ0v) is 16.9. The van der Waals surface area contributed by atoms with Crippen LogP contribution in [0.4, 0.5) is 0 Å². The third-order valence-electron chi connectivity index (χ3n) is 5.63. The molecule has 1 aliphatic heterocycles. The highest BCUT2D eigenvalue weighted by Crippen LogP contribution is 2.30. The van der Waals surface area contributed by atoms with Crippen LogP contribution >= 0.6 is 0 Å². The van der Waals surface area contributed by atoms with Crippen LogP contribution in [0.15, 0.2) is 48.9 Å². The molecule has 1 fully saturated rings. The maximum absolute atomic E-state index is 5.40. The Hall–Kier alpha value is -2.66. The number of pyridine rings is 1. The van der Waals surface area contributed by atoms with Crippen LogP contribution in [0.5, 0.6) is 5.75 Å². The first kappa shape index (κ1) is 18.7. The molecule has 2 aromatic heterocycles. The first-order chi connectivity index (χ1) is 13.7. The van der Waals surface area contributed by atoms with Crippen LogP contribution < -0.4 is 4.74 Å². The fraction of sp³-hybridized carbons (Fsp3) is 0.391. The number of aromatic nitrogens is 3. The van der Waals surface area contributed by atoms with Crippen LogP contribution in [0.2, 0.25) is 0 Å². The van der Waals surface area contributed by atoms with Gasteiger partial charge in [-0.2, -0.15) is 0 Å². The molecular formula is C23H28N4O. The van der Waals surface area contributed by atoms with Gasteiger partial charge >= 0.3 is 0 Å². The minimum atomic E-state index is 0.443. The van der Waals surface area contributed by atoms with Gasteiger partial charge in [0.2, 0.25) is 0 Å². The Morgan fingerprint density at radius 2 is 1.96 bits per heavy atom. The van der Waals surface area contributed by atoms with Crippen molar-refractivity contribution in [1.82, 2.24) is 19.4 Å². The second kappa shape index (κ2) is 8.15. The van der Waals surface area contributed by atoms with E-state index in [1.165, 1.54) is 29.7 Å². The van der Waals surface area contributed by atoms with E-state index in [-0.39, 0.29) is 0 Å². The summed E-state index contributed by atoms with van der Waals surface area (Å²) in [5, 5.41) is 0. The number of piperidine rings is 1. The molecule has 0 radical (unpaired) electrons. The molecule has 3 aromatic rings. The molecule has 0 spiro atoms. The van der Waals surface area contributed by atoms with Gasteiger partial charge in [-0.1, -0.05) is 12.1 Å². The average Bonchev–Trinajstić information content (AvgIpc) is 3.10. The van der Waals surface area contributed by atoms with E-state index in [9.17, 15) is 0 Å². The monoisotopic (exact) mass is 376 g/mol. The Morgan fingerprint density at radius 1 is 1.14 bits per heavy atom. The van der Waals surface area contributed by atoms with Crippen LogP contribution in [0.3, 0.4) is 0 Å². The smallest absolute Gasteiger partial charge is 0.140 e. The van der Waals surface area contributed by atoms with E-state index in [1.807, 2.05) is 30.7 Å². The van der Waals surface area contributed by atoms with Gasteiger partial charge in [-0.05, 0) is 62.6 Å². The summed E-state index contributed by atoms with van der Waals surface area (Å²) in [5.41, 5.74) is 4.89. The van der Waals surface area contributed by atoms with Gasteiger partial charge in [0.1, 0.15) is 11.6 Å². The van der Waals surface area contributed by atoms with Crippen LogP contribution in [0, 0.1) is 13.8 Å². The average molecular weight is 377 g/mol. The Morgan fingerprint density at radius 3 is 2.71 bits per heavy atom. The SMILES string of the molecule is COc1ccc(CN2CCCC(n3c(C)cnc3-c3ccncc3)C2)cc1C. The third-order valence-corrected chi connectivity index (χ3v) is 5.63. The molecule has 1 aromatic carbocycles. The van der Waals surface area contributed by atoms with E-state index in [0.29, 0.717) is 6.04 Å². The van der Waals surface area contributed by atoms with E-state index >= 15 is 0 Å². The van der Waals surface area contributed by atoms with E-state index in [4.69, 9.17) is 9.72 Å². The molecule has 1 saturated heterocycles. The van der Waals surface area contributed by atoms with Crippen molar-refractivity contribution in [2.45, 2.75) is 39.3 Å². The number of imidazole rings is 1. The van der Waals surface area contributed by atoms with Gasteiger partial charge in [-0.25, -0.2) is 4.98 Å². The number of hydrogen-bond acceptors (Lipinski definition) is 4. The normalized spacial score (nSPS) is 17.6. The van der Waals surface area contributed by atoms with Gasteiger partial charge < -0.3 is 9.30 Å². The predicted molar refractivity (Wildman–Crippen MR) is 111 cm³/mol. The molecule has 1 atom stereocenters. The topological polar surface area (TPSA) is 43.2 Å². The predicted octanol–water partition coefficient (Wildman–Crippen LogP) is 4.41. The van der Waals surface area contributed by atoms with Crippen molar-refractivity contribution in [3.05, 3.63) is 65.7 Å². The molecule has 5 nitrogen and oxygen atoms in total. The maximum atomic E-state index is 5.40.